The molecule has 0 spiro atoms. The third kappa shape index (κ3) is 2.90. The first-order valence-corrected chi connectivity index (χ1v) is 8.62. The third-order valence-electron chi connectivity index (χ3n) is 4.63. The number of nitrogens with one attached hydrogen (secondary N) is 1. The molecule has 2 heterocycles. The lowest BCUT2D eigenvalue weighted by molar-refractivity contribution is 0.0612. The Balaban J connectivity index is 1.64. The summed E-state index contributed by atoms with van der Waals surface area (Å²) < 4.78 is 17.1. The molecule has 1 atom stereocenters. The van der Waals surface area contributed by atoms with Crippen LogP contribution < -0.4 is 14.8 Å². The van der Waals surface area contributed by atoms with Crippen molar-refractivity contribution in [3.8, 4) is 11.5 Å². The summed E-state index contributed by atoms with van der Waals surface area (Å²) >= 11 is 0. The lowest BCUT2D eigenvalue weighted by atomic mass is 9.89. The van der Waals surface area contributed by atoms with Gasteiger partial charge < -0.3 is 19.2 Å². The molecule has 0 fully saturated rings. The molecule has 2 aromatic carbocycles. The highest BCUT2D eigenvalue weighted by atomic mass is 16.5. The maximum Gasteiger partial charge on any atom is 0.287 e. The number of para-hydroxylation sites is 2. The molecule has 5 heteroatoms. The Morgan fingerprint density at radius 3 is 2.81 bits per heavy atom. The van der Waals surface area contributed by atoms with Gasteiger partial charge in [0.1, 0.15) is 11.4 Å². The van der Waals surface area contributed by atoms with Crippen molar-refractivity contribution < 1.29 is 18.7 Å². The van der Waals surface area contributed by atoms with Crippen molar-refractivity contribution >= 4 is 16.9 Å². The summed E-state index contributed by atoms with van der Waals surface area (Å²) in [6.45, 7) is 4.04. The maximum absolute atomic E-state index is 12.8. The number of furan rings is 1. The van der Waals surface area contributed by atoms with Crippen LogP contribution in [-0.2, 0) is 0 Å². The molecule has 0 radical (unpaired) electrons. The minimum absolute atomic E-state index is 0.141. The Kier molecular flexibility index (Phi) is 3.87. The first-order valence-electron chi connectivity index (χ1n) is 8.62. The molecule has 1 N–H and O–H groups in total. The molecule has 26 heavy (non-hydrogen) atoms. The molecule has 1 aromatic heterocycles. The highest BCUT2D eigenvalue weighted by Crippen LogP contribution is 2.39. The number of carbonyl (C=O) groups excluding carboxylic acids is 1. The standard InChI is InChI=1S/C21H21NO4/c1-21(2)12-15(14-8-4-5-9-16(14)26-21)22-20(23)18-11-13-7-6-10-17(24-3)19(13)25-18/h4-11,15H,12H2,1-3H3,(H,22,23). The predicted molar refractivity (Wildman–Crippen MR) is 98.7 cm³/mol. The van der Waals surface area contributed by atoms with Crippen molar-refractivity contribution in [2.75, 3.05) is 7.11 Å². The fourth-order valence-electron chi connectivity index (χ4n) is 3.47. The fraction of sp³-hybridized carbons (Fsp3) is 0.286. The molecule has 3 aromatic rings. The summed E-state index contributed by atoms with van der Waals surface area (Å²) in [5.74, 6) is 1.44. The van der Waals surface area contributed by atoms with E-state index >= 15 is 0 Å². The van der Waals surface area contributed by atoms with Crippen LogP contribution in [0.25, 0.3) is 11.0 Å². The largest absolute Gasteiger partial charge is 0.493 e. The van der Waals surface area contributed by atoms with E-state index in [0.717, 1.165) is 16.7 Å². The smallest absolute Gasteiger partial charge is 0.287 e. The van der Waals surface area contributed by atoms with Gasteiger partial charge >= 0.3 is 0 Å². The number of amides is 1. The van der Waals surface area contributed by atoms with Crippen molar-refractivity contribution in [1.82, 2.24) is 5.32 Å². The Morgan fingerprint density at radius 2 is 2.00 bits per heavy atom. The molecule has 1 amide bonds. The van der Waals surface area contributed by atoms with Crippen LogP contribution in [0, 0.1) is 0 Å². The highest BCUT2D eigenvalue weighted by molar-refractivity contribution is 5.97. The molecule has 5 nitrogen and oxygen atoms in total. The summed E-state index contributed by atoms with van der Waals surface area (Å²) in [4.78, 5) is 12.8. The molecule has 0 saturated heterocycles. The average molecular weight is 351 g/mol. The van der Waals surface area contributed by atoms with Crippen molar-refractivity contribution in [3.63, 3.8) is 0 Å². The normalized spacial score (nSPS) is 18.0. The van der Waals surface area contributed by atoms with Crippen LogP contribution in [0.1, 0.15) is 42.4 Å². The first-order chi connectivity index (χ1) is 12.5. The van der Waals surface area contributed by atoms with Gasteiger partial charge in [0.2, 0.25) is 0 Å². The van der Waals surface area contributed by atoms with Crippen LogP contribution >= 0.6 is 0 Å². The van der Waals surface area contributed by atoms with E-state index in [9.17, 15) is 4.79 Å². The first kappa shape index (κ1) is 16.5. The Bertz CT molecular complexity index is 973. The van der Waals surface area contributed by atoms with Gasteiger partial charge in [-0.05, 0) is 32.0 Å². The number of fused-ring (bicyclic) bond motifs is 2. The quantitative estimate of drug-likeness (QED) is 0.756. The molecular weight excluding hydrogens is 330 g/mol. The predicted octanol–water partition coefficient (Wildman–Crippen LogP) is 4.47. The number of ether oxygens (including phenoxy) is 2. The molecule has 1 aliphatic rings. The van der Waals surface area contributed by atoms with Gasteiger partial charge in [0, 0.05) is 17.4 Å². The van der Waals surface area contributed by atoms with E-state index < -0.39 is 0 Å². The number of benzene rings is 2. The molecule has 4 rings (SSSR count). The van der Waals surface area contributed by atoms with Gasteiger partial charge in [-0.2, -0.15) is 0 Å². The second-order valence-electron chi connectivity index (χ2n) is 7.12. The number of hydrogen-bond donors (Lipinski definition) is 1. The monoisotopic (exact) mass is 351 g/mol. The fourth-order valence-corrected chi connectivity index (χ4v) is 3.47. The molecule has 134 valence electrons. The second-order valence-corrected chi connectivity index (χ2v) is 7.12. The van der Waals surface area contributed by atoms with Crippen molar-refractivity contribution in [3.05, 3.63) is 59.9 Å². The van der Waals surface area contributed by atoms with Crippen LogP contribution in [0.15, 0.2) is 52.9 Å². The molecule has 1 unspecified atom stereocenters. The zero-order chi connectivity index (χ0) is 18.3. The maximum atomic E-state index is 12.8. The summed E-state index contributed by atoms with van der Waals surface area (Å²) in [5, 5.41) is 3.93. The van der Waals surface area contributed by atoms with Gasteiger partial charge in [-0.1, -0.05) is 30.3 Å². The van der Waals surface area contributed by atoms with Crippen molar-refractivity contribution in [1.29, 1.82) is 0 Å². The van der Waals surface area contributed by atoms with Crippen molar-refractivity contribution in [2.45, 2.75) is 31.9 Å². The molecular formula is C21H21NO4. The van der Waals surface area contributed by atoms with E-state index in [1.54, 1.807) is 13.2 Å². The van der Waals surface area contributed by atoms with Gasteiger partial charge in [0.15, 0.2) is 17.1 Å². The van der Waals surface area contributed by atoms with E-state index in [4.69, 9.17) is 13.9 Å². The molecule has 0 aliphatic carbocycles. The van der Waals surface area contributed by atoms with Crippen LogP contribution in [0.4, 0.5) is 0 Å². The van der Waals surface area contributed by atoms with Gasteiger partial charge in [0.25, 0.3) is 5.91 Å². The number of carbonyl (C=O) groups is 1. The van der Waals surface area contributed by atoms with E-state index in [1.807, 2.05) is 56.3 Å². The minimum Gasteiger partial charge on any atom is -0.493 e. The lowest BCUT2D eigenvalue weighted by Crippen LogP contribution is -2.41. The van der Waals surface area contributed by atoms with E-state index in [0.29, 0.717) is 17.8 Å². The zero-order valence-corrected chi connectivity index (χ0v) is 15.0. The van der Waals surface area contributed by atoms with Crippen LogP contribution in [0.2, 0.25) is 0 Å². The lowest BCUT2D eigenvalue weighted by Gasteiger charge is -2.37. The SMILES string of the molecule is COc1cccc2cc(C(=O)NC3CC(C)(C)Oc4ccccc43)oc12. The van der Waals surface area contributed by atoms with Crippen LogP contribution in [-0.4, -0.2) is 18.6 Å². The number of hydrogen-bond acceptors (Lipinski definition) is 4. The molecule has 0 bridgehead atoms. The van der Waals surface area contributed by atoms with Crippen LogP contribution in [0.3, 0.4) is 0 Å². The number of rotatable bonds is 3. The van der Waals surface area contributed by atoms with Crippen LogP contribution in [0.5, 0.6) is 11.5 Å². The van der Waals surface area contributed by atoms with Gasteiger partial charge in [-0.15, -0.1) is 0 Å². The average Bonchev–Trinajstić information content (AvgIpc) is 3.05. The summed E-state index contributed by atoms with van der Waals surface area (Å²) in [6, 6.07) is 15.0. The molecule has 0 saturated carbocycles. The van der Waals surface area contributed by atoms with Gasteiger partial charge in [-0.3, -0.25) is 4.79 Å². The Labute approximate surface area is 151 Å². The Hall–Kier alpha value is -2.95. The van der Waals surface area contributed by atoms with E-state index in [1.165, 1.54) is 0 Å². The van der Waals surface area contributed by atoms with Gasteiger partial charge in [0.05, 0.1) is 13.2 Å². The summed E-state index contributed by atoms with van der Waals surface area (Å²) in [5.41, 5.74) is 1.20. The van der Waals surface area contributed by atoms with Gasteiger partial charge in [-0.25, -0.2) is 0 Å². The third-order valence-corrected chi connectivity index (χ3v) is 4.63. The second kappa shape index (κ2) is 6.09. The number of methoxy groups -OCH3 is 1. The highest BCUT2D eigenvalue weighted by Gasteiger charge is 2.34. The van der Waals surface area contributed by atoms with Crippen molar-refractivity contribution in [2.24, 2.45) is 0 Å². The summed E-state index contributed by atoms with van der Waals surface area (Å²) in [7, 11) is 1.58. The zero-order valence-electron chi connectivity index (χ0n) is 15.0. The topological polar surface area (TPSA) is 60.7 Å². The molecule has 1 aliphatic heterocycles. The van der Waals surface area contributed by atoms with E-state index in [2.05, 4.69) is 5.32 Å². The minimum atomic E-state index is -0.358. The Morgan fingerprint density at radius 1 is 1.19 bits per heavy atom. The van der Waals surface area contributed by atoms with E-state index in [-0.39, 0.29) is 23.3 Å². The summed E-state index contributed by atoms with van der Waals surface area (Å²) in [6.07, 6.45) is 0.680.